The summed E-state index contributed by atoms with van der Waals surface area (Å²) >= 11 is 0. The molecule has 22 heavy (non-hydrogen) atoms. The Hall–Kier alpha value is -2.94. The third kappa shape index (κ3) is 2.27. The summed E-state index contributed by atoms with van der Waals surface area (Å²) in [7, 11) is 1.75. The van der Waals surface area contributed by atoms with Crippen molar-refractivity contribution < 1.29 is 0 Å². The number of nitrogens with one attached hydrogen (secondary N) is 1. The highest BCUT2D eigenvalue weighted by Gasteiger charge is 2.22. The normalized spacial score (nSPS) is 12.0. The van der Waals surface area contributed by atoms with Gasteiger partial charge in [0.1, 0.15) is 11.7 Å². The molecule has 0 saturated heterocycles. The summed E-state index contributed by atoms with van der Waals surface area (Å²) in [6.45, 7) is 2.79. The van der Waals surface area contributed by atoms with E-state index in [9.17, 15) is 5.26 Å². The van der Waals surface area contributed by atoms with Crippen LogP contribution in [-0.2, 0) is 6.54 Å². The Morgan fingerprint density at radius 3 is 2.82 bits per heavy atom. The molecule has 0 aliphatic heterocycles. The zero-order chi connectivity index (χ0) is 15.5. The van der Waals surface area contributed by atoms with Gasteiger partial charge in [0.15, 0.2) is 0 Å². The number of nitriles is 1. The molecule has 1 aromatic carbocycles. The number of para-hydroxylation sites is 2. The summed E-state index contributed by atoms with van der Waals surface area (Å²) in [5, 5.41) is 12.6. The number of hydrogen-bond donors (Lipinski definition) is 1. The molecule has 6 nitrogen and oxygen atoms in total. The van der Waals surface area contributed by atoms with E-state index in [1.807, 2.05) is 31.2 Å². The SMILES string of the molecule is CCn1c(C(C#N)c2ccnc(NC)n2)nc2ccccc21. The Morgan fingerprint density at radius 1 is 1.27 bits per heavy atom. The van der Waals surface area contributed by atoms with Gasteiger partial charge in [0.25, 0.3) is 0 Å². The van der Waals surface area contributed by atoms with Crippen molar-refractivity contribution in [2.75, 3.05) is 12.4 Å². The van der Waals surface area contributed by atoms with Crippen LogP contribution in [0.1, 0.15) is 24.4 Å². The smallest absolute Gasteiger partial charge is 0.222 e. The molecule has 0 bridgehead atoms. The van der Waals surface area contributed by atoms with Crippen LogP contribution in [0.2, 0.25) is 0 Å². The van der Waals surface area contributed by atoms with Gasteiger partial charge in [0, 0.05) is 19.8 Å². The van der Waals surface area contributed by atoms with Crippen molar-refractivity contribution in [2.45, 2.75) is 19.4 Å². The maximum absolute atomic E-state index is 9.66. The van der Waals surface area contributed by atoms with Crippen molar-refractivity contribution in [1.82, 2.24) is 19.5 Å². The largest absolute Gasteiger partial charge is 0.357 e. The van der Waals surface area contributed by atoms with Crippen molar-refractivity contribution in [3.8, 4) is 6.07 Å². The number of rotatable bonds is 4. The Morgan fingerprint density at radius 2 is 2.09 bits per heavy atom. The van der Waals surface area contributed by atoms with E-state index in [2.05, 4.69) is 30.9 Å². The number of nitrogens with zero attached hydrogens (tertiary/aromatic N) is 5. The van der Waals surface area contributed by atoms with Gasteiger partial charge >= 0.3 is 0 Å². The number of aryl methyl sites for hydroxylation is 1. The molecule has 6 heteroatoms. The number of aromatic nitrogens is 4. The summed E-state index contributed by atoms with van der Waals surface area (Å²) in [4.78, 5) is 13.1. The van der Waals surface area contributed by atoms with Crippen LogP contribution in [-0.4, -0.2) is 26.6 Å². The first kappa shape index (κ1) is 14.0. The van der Waals surface area contributed by atoms with Crippen molar-refractivity contribution in [3.63, 3.8) is 0 Å². The van der Waals surface area contributed by atoms with Crippen molar-refractivity contribution in [3.05, 3.63) is 48.0 Å². The lowest BCUT2D eigenvalue weighted by Crippen LogP contribution is -2.11. The highest BCUT2D eigenvalue weighted by molar-refractivity contribution is 5.76. The number of imidazole rings is 1. The maximum Gasteiger partial charge on any atom is 0.222 e. The topological polar surface area (TPSA) is 79.4 Å². The summed E-state index contributed by atoms with van der Waals surface area (Å²) in [5.74, 6) is 0.686. The van der Waals surface area contributed by atoms with Gasteiger partial charge in [-0.25, -0.2) is 15.0 Å². The second-order valence-electron chi connectivity index (χ2n) is 4.82. The molecule has 110 valence electrons. The zero-order valence-corrected chi connectivity index (χ0v) is 12.5. The van der Waals surface area contributed by atoms with Crippen molar-refractivity contribution >= 4 is 17.0 Å². The minimum absolute atomic E-state index is 0.497. The van der Waals surface area contributed by atoms with Gasteiger partial charge in [0.2, 0.25) is 5.95 Å². The number of anilines is 1. The third-order valence-corrected chi connectivity index (χ3v) is 3.58. The quantitative estimate of drug-likeness (QED) is 0.799. The molecular formula is C16H16N6. The van der Waals surface area contributed by atoms with Crippen LogP contribution in [0.15, 0.2) is 36.5 Å². The van der Waals surface area contributed by atoms with E-state index in [0.29, 0.717) is 17.5 Å². The Kier molecular flexibility index (Phi) is 3.71. The predicted molar refractivity (Wildman–Crippen MR) is 84.4 cm³/mol. The molecule has 0 radical (unpaired) electrons. The minimum Gasteiger partial charge on any atom is -0.357 e. The third-order valence-electron chi connectivity index (χ3n) is 3.58. The number of fused-ring (bicyclic) bond motifs is 1. The summed E-state index contributed by atoms with van der Waals surface area (Å²) < 4.78 is 2.06. The summed E-state index contributed by atoms with van der Waals surface area (Å²) in [6.07, 6.45) is 1.65. The minimum atomic E-state index is -0.526. The molecule has 0 amide bonds. The maximum atomic E-state index is 9.66. The fourth-order valence-corrected chi connectivity index (χ4v) is 2.56. The first-order chi connectivity index (χ1) is 10.8. The molecule has 0 fully saturated rings. The Bertz CT molecular complexity index is 845. The number of benzene rings is 1. The number of hydrogen-bond acceptors (Lipinski definition) is 5. The standard InChI is InChI=1S/C16H16N6/c1-3-22-14-7-5-4-6-13(14)20-15(22)11(10-17)12-8-9-19-16(18-2)21-12/h4-9,11H,3H2,1-2H3,(H,18,19,21). The second kappa shape index (κ2) is 5.82. The first-order valence-corrected chi connectivity index (χ1v) is 7.14. The lowest BCUT2D eigenvalue weighted by atomic mass is 10.1. The van der Waals surface area contributed by atoms with Gasteiger partial charge < -0.3 is 9.88 Å². The Balaban J connectivity index is 2.17. The van der Waals surface area contributed by atoms with E-state index in [4.69, 9.17) is 0 Å². The van der Waals surface area contributed by atoms with Gasteiger partial charge in [-0.15, -0.1) is 0 Å². The second-order valence-corrected chi connectivity index (χ2v) is 4.82. The molecular weight excluding hydrogens is 276 g/mol. The molecule has 2 heterocycles. The summed E-state index contributed by atoms with van der Waals surface area (Å²) in [5.41, 5.74) is 2.57. The Labute approximate surface area is 128 Å². The average Bonchev–Trinajstić information content (AvgIpc) is 2.94. The molecule has 1 atom stereocenters. The van der Waals surface area contributed by atoms with Crippen LogP contribution >= 0.6 is 0 Å². The van der Waals surface area contributed by atoms with Gasteiger partial charge in [-0.05, 0) is 25.1 Å². The van der Waals surface area contributed by atoms with Crippen LogP contribution in [0.5, 0.6) is 0 Å². The fraction of sp³-hybridized carbons (Fsp3) is 0.250. The molecule has 0 spiro atoms. The van der Waals surface area contributed by atoms with Crippen LogP contribution in [0, 0.1) is 11.3 Å². The van der Waals surface area contributed by atoms with Crippen molar-refractivity contribution in [1.29, 1.82) is 5.26 Å². The van der Waals surface area contributed by atoms with Gasteiger partial charge in [0.05, 0.1) is 22.8 Å². The first-order valence-electron chi connectivity index (χ1n) is 7.14. The fourth-order valence-electron chi connectivity index (χ4n) is 2.56. The predicted octanol–water partition coefficient (Wildman–Crippen LogP) is 2.54. The van der Waals surface area contributed by atoms with Gasteiger partial charge in [-0.1, -0.05) is 12.1 Å². The van der Waals surface area contributed by atoms with Crippen LogP contribution in [0.4, 0.5) is 5.95 Å². The lowest BCUT2D eigenvalue weighted by Gasteiger charge is -2.11. The highest BCUT2D eigenvalue weighted by atomic mass is 15.1. The van der Waals surface area contributed by atoms with Crippen LogP contribution in [0.3, 0.4) is 0 Å². The highest BCUT2D eigenvalue weighted by Crippen LogP contribution is 2.26. The molecule has 0 aliphatic rings. The molecule has 0 aliphatic carbocycles. The summed E-state index contributed by atoms with van der Waals surface area (Å²) in [6, 6.07) is 12.0. The van der Waals surface area contributed by atoms with E-state index in [1.165, 1.54) is 0 Å². The lowest BCUT2D eigenvalue weighted by molar-refractivity contribution is 0.704. The van der Waals surface area contributed by atoms with E-state index in [-0.39, 0.29) is 0 Å². The monoisotopic (exact) mass is 292 g/mol. The van der Waals surface area contributed by atoms with E-state index in [1.54, 1.807) is 19.3 Å². The molecule has 3 aromatic rings. The molecule has 1 N–H and O–H groups in total. The van der Waals surface area contributed by atoms with E-state index >= 15 is 0 Å². The van der Waals surface area contributed by atoms with Crippen molar-refractivity contribution in [2.24, 2.45) is 0 Å². The average molecular weight is 292 g/mol. The van der Waals surface area contributed by atoms with E-state index < -0.39 is 5.92 Å². The molecule has 3 rings (SSSR count). The van der Waals surface area contributed by atoms with E-state index in [0.717, 1.165) is 17.6 Å². The molecule has 2 aromatic heterocycles. The zero-order valence-electron chi connectivity index (χ0n) is 12.5. The van der Waals surface area contributed by atoms with Gasteiger partial charge in [-0.3, -0.25) is 0 Å². The molecule has 0 saturated carbocycles. The van der Waals surface area contributed by atoms with Crippen LogP contribution in [0.25, 0.3) is 11.0 Å². The van der Waals surface area contributed by atoms with Gasteiger partial charge in [-0.2, -0.15) is 5.26 Å². The molecule has 1 unspecified atom stereocenters. The van der Waals surface area contributed by atoms with Crippen LogP contribution < -0.4 is 5.32 Å².